The molecule has 0 aliphatic rings. The van der Waals surface area contributed by atoms with E-state index in [2.05, 4.69) is 0 Å². The van der Waals surface area contributed by atoms with Crippen LogP contribution in [-0.2, 0) is 9.53 Å². The summed E-state index contributed by atoms with van der Waals surface area (Å²) in [6, 6.07) is 13.7. The molecule has 2 aromatic carbocycles. The van der Waals surface area contributed by atoms with Crippen LogP contribution in [0.2, 0.25) is 0 Å². The van der Waals surface area contributed by atoms with E-state index in [-0.39, 0.29) is 11.5 Å². The molecule has 0 aromatic heterocycles. The van der Waals surface area contributed by atoms with E-state index < -0.39 is 23.0 Å². The predicted octanol–water partition coefficient (Wildman–Crippen LogP) is 1.64. The summed E-state index contributed by atoms with van der Waals surface area (Å²) in [4.78, 5) is 34.9. The van der Waals surface area contributed by atoms with Crippen LogP contribution in [0.25, 0.3) is 0 Å². The number of nitro groups is 1. The molecule has 7 nitrogen and oxygen atoms in total. The van der Waals surface area contributed by atoms with Gasteiger partial charge in [-0.1, -0.05) is 42.5 Å². The Bertz CT molecular complexity index is 776. The molecule has 0 spiro atoms. The second kappa shape index (κ2) is 8.16. The number of non-ortho nitro benzene ring substituents is 1. The summed E-state index contributed by atoms with van der Waals surface area (Å²) < 4.78 is 5.35. The molecule has 0 heterocycles. The average Bonchev–Trinajstić information content (AvgIpc) is 2.62. The molecule has 2 aromatic rings. The topological polar surface area (TPSA) is 103 Å². The highest BCUT2D eigenvalue weighted by molar-refractivity contribution is 5.99. The number of likely N-dealkylation sites (N-methyl/N-ethyl adjacent to an activating group) is 1. The number of ketones is 1. The molecule has 0 aliphatic heterocycles. The Labute approximate surface area is 144 Å². The number of hydrogen-bond donors (Lipinski definition) is 1. The number of nitrogens with zero attached hydrogens (tertiary/aromatic N) is 1. The van der Waals surface area contributed by atoms with Crippen molar-refractivity contribution in [3.8, 4) is 0 Å². The molecule has 0 bridgehead atoms. The number of carbonyl (C=O) groups excluding carboxylic acids is 2. The summed E-state index contributed by atoms with van der Waals surface area (Å²) in [7, 11) is 1.69. The predicted molar refractivity (Wildman–Crippen MR) is 90.0 cm³/mol. The second-order valence-corrected chi connectivity index (χ2v) is 5.47. The van der Waals surface area contributed by atoms with Gasteiger partial charge in [-0.25, -0.2) is 0 Å². The van der Waals surface area contributed by atoms with Crippen LogP contribution in [0.3, 0.4) is 0 Å². The molecule has 0 saturated heterocycles. The summed E-state index contributed by atoms with van der Waals surface area (Å²) in [5.74, 6) is -0.787. The van der Waals surface area contributed by atoms with E-state index in [9.17, 15) is 19.7 Å². The van der Waals surface area contributed by atoms with Gasteiger partial charge in [-0.3, -0.25) is 19.7 Å². The number of hydrogen-bond acceptors (Lipinski definition) is 5. The van der Waals surface area contributed by atoms with Crippen molar-refractivity contribution in [1.29, 1.82) is 0 Å². The third kappa shape index (κ3) is 4.48. The fourth-order valence-electron chi connectivity index (χ4n) is 2.60. The van der Waals surface area contributed by atoms with Gasteiger partial charge in [-0.2, -0.15) is 0 Å². The minimum Gasteiger partial charge on any atom is -0.451 e. The summed E-state index contributed by atoms with van der Waals surface area (Å²) in [5.41, 5.74) is 0.752. The minimum atomic E-state index is -0.935. The van der Waals surface area contributed by atoms with Crippen LogP contribution < -0.4 is 5.32 Å². The molecule has 2 N–H and O–H groups in total. The number of Topliss-reactive ketones (excluding diaryl/α,β-unsaturated/α-hetero) is 1. The van der Waals surface area contributed by atoms with Crippen LogP contribution in [0.5, 0.6) is 0 Å². The lowest BCUT2D eigenvalue weighted by Gasteiger charge is -2.23. The van der Waals surface area contributed by atoms with Crippen molar-refractivity contribution < 1.29 is 24.6 Å². The lowest BCUT2D eigenvalue weighted by atomic mass is 9.94. The number of carbonyl (C=O) groups is 2. The Morgan fingerprint density at radius 3 is 2.36 bits per heavy atom. The van der Waals surface area contributed by atoms with Crippen molar-refractivity contribution >= 4 is 17.4 Å². The van der Waals surface area contributed by atoms with Gasteiger partial charge in [0.2, 0.25) is 5.78 Å². The first-order chi connectivity index (χ1) is 11.9. The fraction of sp³-hybridized carbons (Fsp3) is 0.222. The first kappa shape index (κ1) is 18.3. The van der Waals surface area contributed by atoms with E-state index in [1.165, 1.54) is 25.1 Å². The molecule has 0 unspecified atom stereocenters. The quantitative estimate of drug-likeness (QED) is 0.356. The number of ether oxygens (including phenoxy) is 1. The smallest absolute Gasteiger partial charge is 0.303 e. The van der Waals surface area contributed by atoms with Gasteiger partial charge in [0, 0.05) is 30.2 Å². The molecule has 2 rings (SSSR count). The van der Waals surface area contributed by atoms with Crippen LogP contribution in [0.4, 0.5) is 5.69 Å². The maximum Gasteiger partial charge on any atom is 0.303 e. The van der Waals surface area contributed by atoms with Crippen LogP contribution in [-0.4, -0.2) is 29.8 Å². The van der Waals surface area contributed by atoms with Crippen LogP contribution in [0, 0.1) is 10.1 Å². The molecule has 2 atom stereocenters. The van der Waals surface area contributed by atoms with Crippen molar-refractivity contribution in [2.24, 2.45) is 0 Å². The standard InChI is InChI=1S/C18H18N2O5/c1-12(21)25-18(14-9-6-10-15(11-14)20(23)24)16(19-2)17(22)13-7-4-3-5-8-13/h3-11,16,18-19H,1-2H3/p+1/t16-,18+/m1/s1. The van der Waals surface area contributed by atoms with Gasteiger partial charge in [0.05, 0.1) is 12.0 Å². The summed E-state index contributed by atoms with van der Waals surface area (Å²) in [5, 5.41) is 12.7. The maximum absolute atomic E-state index is 12.8. The third-order valence-electron chi connectivity index (χ3n) is 3.75. The van der Waals surface area contributed by atoms with Gasteiger partial charge in [0.1, 0.15) is 0 Å². The number of nitro benzene ring substituents is 1. The molecule has 7 heteroatoms. The SMILES string of the molecule is C[NH2+][C@H](C(=O)c1ccccc1)[C@@H](OC(C)=O)c1cccc([N+](=O)[O-])c1. The lowest BCUT2D eigenvalue weighted by Crippen LogP contribution is -2.89. The van der Waals surface area contributed by atoms with Gasteiger partial charge in [0.15, 0.2) is 12.1 Å². The van der Waals surface area contributed by atoms with E-state index in [1.807, 2.05) is 0 Å². The average molecular weight is 343 g/mol. The van der Waals surface area contributed by atoms with Gasteiger partial charge in [-0.15, -0.1) is 0 Å². The fourth-order valence-corrected chi connectivity index (χ4v) is 2.60. The van der Waals surface area contributed by atoms with E-state index in [1.54, 1.807) is 48.8 Å². The monoisotopic (exact) mass is 343 g/mol. The lowest BCUT2D eigenvalue weighted by molar-refractivity contribution is -0.657. The molecule has 0 radical (unpaired) electrons. The number of benzene rings is 2. The first-order valence-corrected chi connectivity index (χ1v) is 7.74. The molecular formula is C18H19N2O5+. The van der Waals surface area contributed by atoms with Crippen LogP contribution >= 0.6 is 0 Å². The molecule has 0 saturated carbocycles. The number of esters is 1. The minimum absolute atomic E-state index is 0.128. The highest BCUT2D eigenvalue weighted by atomic mass is 16.6. The highest BCUT2D eigenvalue weighted by Crippen LogP contribution is 2.25. The van der Waals surface area contributed by atoms with E-state index in [0.717, 1.165) is 0 Å². The van der Waals surface area contributed by atoms with Crippen molar-refractivity contribution in [2.45, 2.75) is 19.1 Å². The van der Waals surface area contributed by atoms with E-state index >= 15 is 0 Å². The highest BCUT2D eigenvalue weighted by Gasteiger charge is 2.35. The van der Waals surface area contributed by atoms with Gasteiger partial charge >= 0.3 is 5.97 Å². The second-order valence-electron chi connectivity index (χ2n) is 5.47. The van der Waals surface area contributed by atoms with Gasteiger partial charge in [0.25, 0.3) is 5.69 Å². The summed E-state index contributed by atoms with van der Waals surface area (Å²) in [6.45, 7) is 1.24. The van der Waals surface area contributed by atoms with Crippen molar-refractivity contribution in [1.82, 2.24) is 0 Å². The Balaban J connectivity index is 2.44. The zero-order chi connectivity index (χ0) is 18.4. The van der Waals surface area contributed by atoms with Crippen molar-refractivity contribution in [3.63, 3.8) is 0 Å². The molecule has 25 heavy (non-hydrogen) atoms. The van der Waals surface area contributed by atoms with Crippen molar-refractivity contribution in [2.75, 3.05) is 7.05 Å². The third-order valence-corrected chi connectivity index (χ3v) is 3.75. The normalized spacial score (nSPS) is 12.9. The molecule has 0 amide bonds. The zero-order valence-electron chi connectivity index (χ0n) is 13.9. The maximum atomic E-state index is 12.8. The number of quaternary nitrogens is 1. The van der Waals surface area contributed by atoms with Crippen LogP contribution in [0.15, 0.2) is 54.6 Å². The molecular weight excluding hydrogens is 324 g/mol. The summed E-state index contributed by atoms with van der Waals surface area (Å²) in [6.07, 6.45) is -0.935. The Kier molecular flexibility index (Phi) is 5.97. The number of nitrogens with two attached hydrogens (primary N) is 1. The summed E-state index contributed by atoms with van der Waals surface area (Å²) >= 11 is 0. The zero-order valence-corrected chi connectivity index (χ0v) is 13.9. The Morgan fingerprint density at radius 1 is 1.12 bits per heavy atom. The first-order valence-electron chi connectivity index (χ1n) is 7.74. The molecule has 0 aliphatic carbocycles. The molecule has 0 fully saturated rings. The Hall–Kier alpha value is -3.06. The number of rotatable bonds is 7. The van der Waals surface area contributed by atoms with Gasteiger partial charge in [-0.05, 0) is 0 Å². The Morgan fingerprint density at radius 2 is 1.80 bits per heavy atom. The van der Waals surface area contributed by atoms with Crippen molar-refractivity contribution in [3.05, 3.63) is 75.8 Å². The van der Waals surface area contributed by atoms with Crippen LogP contribution in [0.1, 0.15) is 28.9 Å². The molecule has 130 valence electrons. The van der Waals surface area contributed by atoms with E-state index in [0.29, 0.717) is 11.1 Å². The van der Waals surface area contributed by atoms with E-state index in [4.69, 9.17) is 4.74 Å². The van der Waals surface area contributed by atoms with Gasteiger partial charge < -0.3 is 10.1 Å². The largest absolute Gasteiger partial charge is 0.451 e.